The molecule has 6 heteroatoms. The second-order valence-electron chi connectivity index (χ2n) is 4.32. The number of hydrogen-bond donors (Lipinski definition) is 1. The van der Waals surface area contributed by atoms with Crippen LogP contribution in [0.4, 0.5) is 0 Å². The van der Waals surface area contributed by atoms with Crippen LogP contribution in [-0.2, 0) is 0 Å². The molecule has 1 aromatic carbocycles. The summed E-state index contributed by atoms with van der Waals surface area (Å²) in [5.74, 6) is 0.587. The summed E-state index contributed by atoms with van der Waals surface area (Å²) in [7, 11) is 0. The molecule has 1 saturated heterocycles. The Hall–Kier alpha value is -2.24. The molecule has 1 N–H and O–H groups in total. The molecular weight excluding hydrogens is 230 g/mol. The molecule has 2 aromatic rings. The molecule has 92 valence electrons. The summed E-state index contributed by atoms with van der Waals surface area (Å²) in [5.41, 5.74) is 1.48. The van der Waals surface area contributed by atoms with E-state index in [0.717, 1.165) is 31.5 Å². The van der Waals surface area contributed by atoms with Crippen LogP contribution in [0.15, 0.2) is 24.3 Å². The minimum atomic E-state index is 0.0813. The normalized spacial score (nSPS) is 15.0. The van der Waals surface area contributed by atoms with Crippen molar-refractivity contribution in [1.82, 2.24) is 25.5 Å². The Balaban J connectivity index is 1.89. The van der Waals surface area contributed by atoms with Gasteiger partial charge in [0.15, 0.2) is 0 Å². The van der Waals surface area contributed by atoms with E-state index in [2.05, 4.69) is 20.6 Å². The standard InChI is InChI=1S/C12H13N5O/c18-12(17-6-1-2-7-17)10-5-3-4-9(8-10)11-13-15-16-14-11/h3-5,8H,1-2,6-7H2,(H,13,14,15,16). The van der Waals surface area contributed by atoms with Crippen LogP contribution in [0.25, 0.3) is 11.4 Å². The van der Waals surface area contributed by atoms with Gasteiger partial charge in [0.05, 0.1) is 0 Å². The molecule has 1 aromatic heterocycles. The summed E-state index contributed by atoms with van der Waals surface area (Å²) < 4.78 is 0. The molecule has 3 rings (SSSR count). The van der Waals surface area contributed by atoms with Gasteiger partial charge in [0, 0.05) is 24.2 Å². The van der Waals surface area contributed by atoms with Crippen molar-refractivity contribution in [1.29, 1.82) is 0 Å². The van der Waals surface area contributed by atoms with Gasteiger partial charge in [0.25, 0.3) is 5.91 Å². The highest BCUT2D eigenvalue weighted by atomic mass is 16.2. The number of carbonyl (C=O) groups excluding carboxylic acids is 1. The summed E-state index contributed by atoms with van der Waals surface area (Å²) in [6.07, 6.45) is 2.19. The minimum Gasteiger partial charge on any atom is -0.339 e. The summed E-state index contributed by atoms with van der Waals surface area (Å²) in [5, 5.41) is 13.7. The number of rotatable bonds is 2. The molecule has 1 aliphatic heterocycles. The average Bonchev–Trinajstić information content (AvgIpc) is 3.11. The van der Waals surface area contributed by atoms with Crippen molar-refractivity contribution in [3.05, 3.63) is 29.8 Å². The van der Waals surface area contributed by atoms with Gasteiger partial charge in [-0.15, -0.1) is 10.2 Å². The third-order valence-corrected chi connectivity index (χ3v) is 3.11. The lowest BCUT2D eigenvalue weighted by Gasteiger charge is -2.15. The lowest BCUT2D eigenvalue weighted by Crippen LogP contribution is -2.27. The maximum Gasteiger partial charge on any atom is 0.253 e. The summed E-state index contributed by atoms with van der Waals surface area (Å²) >= 11 is 0. The maximum absolute atomic E-state index is 12.2. The van der Waals surface area contributed by atoms with Gasteiger partial charge in [-0.3, -0.25) is 4.79 Å². The number of nitrogens with zero attached hydrogens (tertiary/aromatic N) is 4. The number of aromatic amines is 1. The third-order valence-electron chi connectivity index (χ3n) is 3.11. The second kappa shape index (κ2) is 4.56. The predicted octanol–water partition coefficient (Wildman–Crippen LogP) is 1.10. The van der Waals surface area contributed by atoms with Crippen LogP contribution < -0.4 is 0 Å². The summed E-state index contributed by atoms with van der Waals surface area (Å²) in [6, 6.07) is 7.34. The maximum atomic E-state index is 12.2. The quantitative estimate of drug-likeness (QED) is 0.857. The van der Waals surface area contributed by atoms with E-state index < -0.39 is 0 Å². The Bertz CT molecular complexity index is 545. The first-order valence-electron chi connectivity index (χ1n) is 5.98. The molecule has 1 amide bonds. The zero-order valence-corrected chi connectivity index (χ0v) is 9.83. The molecule has 0 aliphatic carbocycles. The molecule has 2 heterocycles. The summed E-state index contributed by atoms with van der Waals surface area (Å²) in [4.78, 5) is 14.1. The van der Waals surface area contributed by atoms with Crippen molar-refractivity contribution >= 4 is 5.91 Å². The zero-order chi connectivity index (χ0) is 12.4. The van der Waals surface area contributed by atoms with Crippen LogP contribution in [0.1, 0.15) is 23.2 Å². The molecule has 0 spiro atoms. The Labute approximate surface area is 104 Å². The fraction of sp³-hybridized carbons (Fsp3) is 0.333. The molecule has 0 bridgehead atoms. The van der Waals surface area contributed by atoms with Crippen molar-refractivity contribution in [2.45, 2.75) is 12.8 Å². The van der Waals surface area contributed by atoms with Gasteiger partial charge in [-0.2, -0.15) is 5.21 Å². The Morgan fingerprint density at radius 1 is 1.28 bits per heavy atom. The third kappa shape index (κ3) is 1.97. The van der Waals surface area contributed by atoms with E-state index >= 15 is 0 Å². The van der Waals surface area contributed by atoms with Gasteiger partial charge in [0.2, 0.25) is 5.82 Å². The second-order valence-corrected chi connectivity index (χ2v) is 4.32. The molecule has 1 fully saturated rings. The molecule has 0 atom stereocenters. The summed E-state index contributed by atoms with van der Waals surface area (Å²) in [6.45, 7) is 1.70. The van der Waals surface area contributed by atoms with E-state index in [1.54, 1.807) is 0 Å². The SMILES string of the molecule is O=C(c1cccc(-c2nn[nH]n2)c1)N1CCCC1. The number of benzene rings is 1. The highest BCUT2D eigenvalue weighted by Gasteiger charge is 2.19. The lowest BCUT2D eigenvalue weighted by molar-refractivity contribution is 0.0793. The van der Waals surface area contributed by atoms with E-state index in [-0.39, 0.29) is 5.91 Å². The van der Waals surface area contributed by atoms with Gasteiger partial charge >= 0.3 is 0 Å². The Morgan fingerprint density at radius 3 is 2.83 bits per heavy atom. The largest absolute Gasteiger partial charge is 0.339 e. The number of aromatic nitrogens is 4. The molecule has 0 unspecified atom stereocenters. The number of nitrogens with one attached hydrogen (secondary N) is 1. The number of amides is 1. The van der Waals surface area contributed by atoms with Gasteiger partial charge < -0.3 is 4.90 Å². The first-order chi connectivity index (χ1) is 8.84. The first kappa shape index (κ1) is 10.9. The van der Waals surface area contributed by atoms with Crippen molar-refractivity contribution < 1.29 is 4.79 Å². The molecule has 18 heavy (non-hydrogen) atoms. The van der Waals surface area contributed by atoms with E-state index in [4.69, 9.17) is 0 Å². The molecular formula is C12H13N5O. The minimum absolute atomic E-state index is 0.0813. The fourth-order valence-corrected chi connectivity index (χ4v) is 2.18. The molecule has 1 aliphatic rings. The topological polar surface area (TPSA) is 74.8 Å². The van der Waals surface area contributed by atoms with Crippen molar-refractivity contribution in [2.24, 2.45) is 0 Å². The van der Waals surface area contributed by atoms with Crippen LogP contribution in [0, 0.1) is 0 Å². The number of likely N-dealkylation sites (tertiary alicyclic amines) is 1. The van der Waals surface area contributed by atoms with E-state index in [9.17, 15) is 4.79 Å². The molecule has 0 radical (unpaired) electrons. The van der Waals surface area contributed by atoms with E-state index in [1.165, 1.54) is 0 Å². The number of carbonyl (C=O) groups is 1. The van der Waals surface area contributed by atoms with Crippen LogP contribution in [0.3, 0.4) is 0 Å². The van der Waals surface area contributed by atoms with Crippen molar-refractivity contribution in [2.75, 3.05) is 13.1 Å². The fourth-order valence-electron chi connectivity index (χ4n) is 2.18. The zero-order valence-electron chi connectivity index (χ0n) is 9.83. The number of tetrazole rings is 1. The Kier molecular flexibility index (Phi) is 2.76. The monoisotopic (exact) mass is 243 g/mol. The van der Waals surface area contributed by atoms with Crippen molar-refractivity contribution in [3.63, 3.8) is 0 Å². The molecule has 0 saturated carbocycles. The van der Waals surface area contributed by atoms with Crippen LogP contribution in [0.5, 0.6) is 0 Å². The number of hydrogen-bond acceptors (Lipinski definition) is 4. The lowest BCUT2D eigenvalue weighted by atomic mass is 10.1. The highest BCUT2D eigenvalue weighted by molar-refractivity contribution is 5.95. The van der Waals surface area contributed by atoms with E-state index in [1.807, 2.05) is 29.2 Å². The van der Waals surface area contributed by atoms with Gasteiger partial charge in [0.1, 0.15) is 0 Å². The first-order valence-corrected chi connectivity index (χ1v) is 5.98. The van der Waals surface area contributed by atoms with Crippen molar-refractivity contribution in [3.8, 4) is 11.4 Å². The van der Waals surface area contributed by atoms with Crippen LogP contribution in [-0.4, -0.2) is 44.5 Å². The smallest absolute Gasteiger partial charge is 0.253 e. The van der Waals surface area contributed by atoms with Gasteiger partial charge in [-0.25, -0.2) is 0 Å². The van der Waals surface area contributed by atoms with Gasteiger partial charge in [-0.05, 0) is 30.2 Å². The van der Waals surface area contributed by atoms with Crippen LogP contribution >= 0.6 is 0 Å². The average molecular weight is 243 g/mol. The number of H-pyrrole nitrogens is 1. The highest BCUT2D eigenvalue weighted by Crippen LogP contribution is 2.18. The van der Waals surface area contributed by atoms with Gasteiger partial charge in [-0.1, -0.05) is 12.1 Å². The van der Waals surface area contributed by atoms with E-state index in [0.29, 0.717) is 11.4 Å². The van der Waals surface area contributed by atoms with Crippen LogP contribution in [0.2, 0.25) is 0 Å². The predicted molar refractivity (Wildman–Crippen MR) is 64.8 cm³/mol. The molecule has 6 nitrogen and oxygen atoms in total. The Morgan fingerprint density at radius 2 is 2.11 bits per heavy atom.